The lowest BCUT2D eigenvalue weighted by Gasteiger charge is -2.12. The molecule has 0 radical (unpaired) electrons. The van der Waals surface area contributed by atoms with E-state index in [2.05, 4.69) is 20.9 Å². The van der Waals surface area contributed by atoms with Gasteiger partial charge in [0.15, 0.2) is 0 Å². The second-order valence-corrected chi connectivity index (χ2v) is 3.56. The Kier molecular flexibility index (Phi) is 4.12. The zero-order valence-corrected chi connectivity index (χ0v) is 9.26. The summed E-state index contributed by atoms with van der Waals surface area (Å²) in [6, 6.07) is 1.82. The average molecular weight is 276 g/mol. The molecule has 0 aliphatic rings. The van der Waals surface area contributed by atoms with Crippen molar-refractivity contribution in [1.82, 2.24) is 4.98 Å². The van der Waals surface area contributed by atoms with Crippen molar-refractivity contribution in [3.05, 3.63) is 27.5 Å². The van der Waals surface area contributed by atoms with Gasteiger partial charge in [0, 0.05) is 23.9 Å². The van der Waals surface area contributed by atoms with Gasteiger partial charge in [0.2, 0.25) is 0 Å². The Morgan fingerprint density at radius 3 is 2.73 bits per heavy atom. The van der Waals surface area contributed by atoms with Crippen LogP contribution in [0, 0.1) is 11.3 Å². The molecule has 2 N–H and O–H groups in total. The maximum atomic E-state index is 12.8. The van der Waals surface area contributed by atoms with Crippen molar-refractivity contribution in [2.45, 2.75) is 19.4 Å². The fourth-order valence-corrected chi connectivity index (χ4v) is 1.76. The Morgan fingerprint density at radius 1 is 1.60 bits per heavy atom. The molecule has 0 fully saturated rings. The van der Waals surface area contributed by atoms with Crippen molar-refractivity contribution < 1.29 is 8.78 Å². The van der Waals surface area contributed by atoms with Crippen molar-refractivity contribution in [3.8, 4) is 6.07 Å². The SMILES string of the molecule is N#CCc1cnc(Br)c(CN)c1C(F)F. The first kappa shape index (κ1) is 12.0. The largest absolute Gasteiger partial charge is 0.326 e. The van der Waals surface area contributed by atoms with Gasteiger partial charge in [-0.15, -0.1) is 0 Å². The van der Waals surface area contributed by atoms with E-state index in [9.17, 15) is 8.78 Å². The van der Waals surface area contributed by atoms with Gasteiger partial charge >= 0.3 is 0 Å². The normalized spacial score (nSPS) is 10.4. The zero-order chi connectivity index (χ0) is 11.4. The van der Waals surface area contributed by atoms with E-state index in [0.29, 0.717) is 4.60 Å². The number of nitrogens with two attached hydrogens (primary N) is 1. The summed E-state index contributed by atoms with van der Waals surface area (Å²) < 4.78 is 25.8. The second kappa shape index (κ2) is 5.14. The number of hydrogen-bond donors (Lipinski definition) is 1. The van der Waals surface area contributed by atoms with Crippen LogP contribution in [0.25, 0.3) is 0 Å². The monoisotopic (exact) mass is 275 g/mol. The number of nitrogens with zero attached hydrogens (tertiary/aromatic N) is 2. The lowest BCUT2D eigenvalue weighted by Crippen LogP contribution is -2.08. The minimum atomic E-state index is -2.65. The van der Waals surface area contributed by atoms with Gasteiger partial charge in [-0.25, -0.2) is 13.8 Å². The maximum Gasteiger partial charge on any atom is 0.264 e. The first-order chi connectivity index (χ1) is 7.11. The van der Waals surface area contributed by atoms with Crippen LogP contribution in [0.3, 0.4) is 0 Å². The van der Waals surface area contributed by atoms with E-state index < -0.39 is 6.43 Å². The number of nitriles is 1. The standard InChI is InChI=1S/C9H8BrF2N3/c10-8-6(3-14)7(9(11)12)5(1-2-13)4-15-8/h4,9H,1,3,14H2. The highest BCUT2D eigenvalue weighted by Gasteiger charge is 2.19. The van der Waals surface area contributed by atoms with Gasteiger partial charge in [-0.05, 0) is 21.5 Å². The minimum Gasteiger partial charge on any atom is -0.326 e. The van der Waals surface area contributed by atoms with Crippen LogP contribution in [0.1, 0.15) is 23.1 Å². The fourth-order valence-electron chi connectivity index (χ4n) is 1.28. The maximum absolute atomic E-state index is 12.8. The third-order valence-corrected chi connectivity index (χ3v) is 2.63. The molecule has 80 valence electrons. The Morgan fingerprint density at radius 2 is 2.27 bits per heavy atom. The summed E-state index contributed by atoms with van der Waals surface area (Å²) in [6.45, 7) is -0.0352. The number of rotatable bonds is 3. The van der Waals surface area contributed by atoms with Gasteiger partial charge in [0.25, 0.3) is 6.43 Å². The molecule has 0 spiro atoms. The van der Waals surface area contributed by atoms with Crippen molar-refractivity contribution in [2.75, 3.05) is 0 Å². The van der Waals surface area contributed by atoms with Gasteiger partial charge < -0.3 is 5.73 Å². The van der Waals surface area contributed by atoms with Crippen molar-refractivity contribution in [3.63, 3.8) is 0 Å². The predicted molar refractivity (Wildman–Crippen MR) is 54.1 cm³/mol. The predicted octanol–water partition coefficient (Wildman–Crippen LogP) is 2.31. The molecule has 0 aliphatic carbocycles. The minimum absolute atomic E-state index is 0.0352. The lowest BCUT2D eigenvalue weighted by atomic mass is 10.0. The van der Waals surface area contributed by atoms with Gasteiger partial charge in [0.05, 0.1) is 12.5 Å². The van der Waals surface area contributed by atoms with Crippen molar-refractivity contribution in [1.29, 1.82) is 5.26 Å². The molecular weight excluding hydrogens is 268 g/mol. The van der Waals surface area contributed by atoms with E-state index in [0.717, 1.165) is 0 Å². The molecule has 0 unspecified atom stereocenters. The molecule has 1 rings (SSSR count). The number of pyridine rings is 1. The quantitative estimate of drug-likeness (QED) is 0.861. The molecule has 0 bridgehead atoms. The highest BCUT2D eigenvalue weighted by atomic mass is 79.9. The Hall–Kier alpha value is -1.06. The van der Waals surface area contributed by atoms with Crippen LogP contribution in [0.15, 0.2) is 10.8 Å². The molecule has 6 heteroatoms. The van der Waals surface area contributed by atoms with E-state index >= 15 is 0 Å². The van der Waals surface area contributed by atoms with Crippen LogP contribution < -0.4 is 5.73 Å². The summed E-state index contributed by atoms with van der Waals surface area (Å²) in [6.07, 6.45) is -1.47. The Labute approximate surface area is 94.0 Å². The summed E-state index contributed by atoms with van der Waals surface area (Å²) in [5.41, 5.74) is 5.68. The van der Waals surface area contributed by atoms with E-state index in [1.165, 1.54) is 6.20 Å². The Bertz CT molecular complexity index is 401. The molecule has 15 heavy (non-hydrogen) atoms. The molecule has 0 aromatic carbocycles. The third-order valence-electron chi connectivity index (χ3n) is 1.95. The third kappa shape index (κ3) is 2.49. The summed E-state index contributed by atoms with van der Waals surface area (Å²) >= 11 is 3.05. The van der Waals surface area contributed by atoms with E-state index in [1.54, 1.807) is 0 Å². The zero-order valence-electron chi connectivity index (χ0n) is 7.67. The summed E-state index contributed by atoms with van der Waals surface area (Å²) in [5, 5.41) is 8.49. The summed E-state index contributed by atoms with van der Waals surface area (Å²) in [5.74, 6) is 0. The molecule has 3 nitrogen and oxygen atoms in total. The highest BCUT2D eigenvalue weighted by Crippen LogP contribution is 2.30. The van der Waals surface area contributed by atoms with Crippen molar-refractivity contribution >= 4 is 15.9 Å². The molecule has 1 aromatic heterocycles. The topological polar surface area (TPSA) is 62.7 Å². The van der Waals surface area contributed by atoms with Gasteiger partial charge in [-0.1, -0.05) is 0 Å². The smallest absolute Gasteiger partial charge is 0.264 e. The molecule has 0 saturated heterocycles. The van der Waals surface area contributed by atoms with E-state index in [4.69, 9.17) is 11.0 Å². The molecule has 1 aromatic rings. The van der Waals surface area contributed by atoms with Gasteiger partial charge in [-0.3, -0.25) is 0 Å². The van der Waals surface area contributed by atoms with Gasteiger partial charge in [-0.2, -0.15) is 5.26 Å². The summed E-state index contributed by atoms with van der Waals surface area (Å²) in [7, 11) is 0. The first-order valence-corrected chi connectivity index (χ1v) is 4.92. The van der Waals surface area contributed by atoms with Crippen LogP contribution in [-0.2, 0) is 13.0 Å². The second-order valence-electron chi connectivity index (χ2n) is 2.81. The lowest BCUT2D eigenvalue weighted by molar-refractivity contribution is 0.149. The fraction of sp³-hybridized carbons (Fsp3) is 0.333. The summed E-state index contributed by atoms with van der Waals surface area (Å²) in [4.78, 5) is 3.86. The number of aromatic nitrogens is 1. The Balaban J connectivity index is 3.36. The van der Waals surface area contributed by atoms with Crippen LogP contribution in [-0.4, -0.2) is 4.98 Å². The molecule has 0 atom stereocenters. The van der Waals surface area contributed by atoms with Gasteiger partial charge in [0.1, 0.15) is 4.60 Å². The van der Waals surface area contributed by atoms with Crippen LogP contribution in [0.5, 0.6) is 0 Å². The van der Waals surface area contributed by atoms with E-state index in [-0.39, 0.29) is 29.7 Å². The molecule has 0 amide bonds. The molecule has 1 heterocycles. The van der Waals surface area contributed by atoms with Crippen LogP contribution in [0.4, 0.5) is 8.78 Å². The first-order valence-electron chi connectivity index (χ1n) is 4.13. The number of hydrogen-bond acceptors (Lipinski definition) is 3. The molecule has 0 saturated carbocycles. The number of halogens is 3. The number of alkyl halides is 2. The van der Waals surface area contributed by atoms with Crippen LogP contribution >= 0.6 is 15.9 Å². The van der Waals surface area contributed by atoms with Crippen LogP contribution in [0.2, 0.25) is 0 Å². The molecule has 0 aliphatic heterocycles. The average Bonchev–Trinajstić information content (AvgIpc) is 2.20. The molecular formula is C9H8BrF2N3. The van der Waals surface area contributed by atoms with Crippen molar-refractivity contribution in [2.24, 2.45) is 5.73 Å². The van der Waals surface area contributed by atoms with E-state index in [1.807, 2.05) is 6.07 Å². The highest BCUT2D eigenvalue weighted by molar-refractivity contribution is 9.10.